The van der Waals surface area contributed by atoms with Gasteiger partial charge in [-0.15, -0.1) is 0 Å². The Labute approximate surface area is 181 Å². The Morgan fingerprint density at radius 1 is 1.00 bits per heavy atom. The summed E-state index contributed by atoms with van der Waals surface area (Å²) in [6.45, 7) is 2.53. The summed E-state index contributed by atoms with van der Waals surface area (Å²) in [6.07, 6.45) is 1.61. The number of nitrogens with zero attached hydrogens (tertiary/aromatic N) is 1. The summed E-state index contributed by atoms with van der Waals surface area (Å²) in [4.78, 5) is 15.0. The molecular formula is C25H25FN2O3. The number of halogens is 1. The normalized spacial score (nSPS) is 14.9. The van der Waals surface area contributed by atoms with Gasteiger partial charge in [-0.25, -0.2) is 4.39 Å². The number of phenols is 1. The second-order valence-corrected chi connectivity index (χ2v) is 7.76. The number of carbonyl (C=O) groups is 1. The first kappa shape index (κ1) is 20.9. The molecule has 31 heavy (non-hydrogen) atoms. The van der Waals surface area contributed by atoms with Crippen molar-refractivity contribution in [2.24, 2.45) is 5.92 Å². The Balaban J connectivity index is 1.26. The van der Waals surface area contributed by atoms with Gasteiger partial charge in [0.2, 0.25) is 5.91 Å². The molecule has 0 spiro atoms. The smallest absolute Gasteiger partial charge is 0.227 e. The molecule has 1 amide bonds. The topological polar surface area (TPSA) is 61.8 Å². The molecule has 1 heterocycles. The Morgan fingerprint density at radius 3 is 2.35 bits per heavy atom. The highest BCUT2D eigenvalue weighted by molar-refractivity contribution is 5.92. The van der Waals surface area contributed by atoms with E-state index in [9.17, 15) is 14.3 Å². The summed E-state index contributed by atoms with van der Waals surface area (Å²) in [6, 6.07) is 20.4. The van der Waals surface area contributed by atoms with Crippen molar-refractivity contribution < 1.29 is 19.0 Å². The quantitative estimate of drug-likeness (QED) is 0.577. The lowest BCUT2D eigenvalue weighted by molar-refractivity contribution is -0.121. The van der Waals surface area contributed by atoms with E-state index >= 15 is 0 Å². The molecule has 3 aromatic carbocycles. The summed E-state index contributed by atoms with van der Waals surface area (Å²) < 4.78 is 19.2. The van der Waals surface area contributed by atoms with Gasteiger partial charge in [-0.3, -0.25) is 9.69 Å². The first-order valence-electron chi connectivity index (χ1n) is 10.4. The Kier molecular flexibility index (Phi) is 6.48. The van der Waals surface area contributed by atoms with Gasteiger partial charge in [-0.2, -0.15) is 0 Å². The number of likely N-dealkylation sites (tertiary alicyclic amines) is 1. The van der Waals surface area contributed by atoms with Crippen molar-refractivity contribution in [3.63, 3.8) is 0 Å². The third kappa shape index (κ3) is 5.61. The zero-order chi connectivity index (χ0) is 21.6. The van der Waals surface area contributed by atoms with Gasteiger partial charge in [0.15, 0.2) is 11.6 Å². The number of para-hydroxylation sites is 1. The second kappa shape index (κ2) is 9.62. The molecule has 4 rings (SSSR count). The Morgan fingerprint density at radius 2 is 1.68 bits per heavy atom. The van der Waals surface area contributed by atoms with Gasteiger partial charge < -0.3 is 15.2 Å². The van der Waals surface area contributed by atoms with Crippen LogP contribution in [0.4, 0.5) is 10.1 Å². The van der Waals surface area contributed by atoms with Gasteiger partial charge in [0.25, 0.3) is 0 Å². The monoisotopic (exact) mass is 420 g/mol. The number of phenolic OH excluding ortho intramolecular Hbond substituents is 1. The molecule has 1 saturated heterocycles. The summed E-state index contributed by atoms with van der Waals surface area (Å²) in [5.74, 6) is 0.518. The number of anilines is 1. The number of aromatic hydroxyl groups is 1. The lowest BCUT2D eigenvalue weighted by Gasteiger charge is -2.31. The van der Waals surface area contributed by atoms with E-state index in [1.165, 1.54) is 6.07 Å². The molecule has 5 nitrogen and oxygen atoms in total. The zero-order valence-electron chi connectivity index (χ0n) is 17.1. The maximum atomic E-state index is 13.7. The molecule has 160 valence electrons. The molecule has 6 heteroatoms. The highest BCUT2D eigenvalue weighted by Gasteiger charge is 2.25. The standard InChI is InChI=1S/C25H25FN2O3/c26-23-3-1-2-4-24(23)31-22-11-7-20(8-12-22)27-25(30)19-13-15-28(16-14-19)17-18-5-9-21(29)10-6-18/h1-12,19,29H,13-17H2,(H,27,30). The van der Waals surface area contributed by atoms with Crippen molar-refractivity contribution in [1.82, 2.24) is 4.90 Å². The number of hydrogen-bond acceptors (Lipinski definition) is 4. The number of nitrogens with one attached hydrogen (secondary N) is 1. The van der Waals surface area contributed by atoms with Crippen molar-refractivity contribution in [3.05, 3.63) is 84.2 Å². The van der Waals surface area contributed by atoms with Crippen LogP contribution >= 0.6 is 0 Å². The molecule has 1 aliphatic rings. The molecule has 0 unspecified atom stereocenters. The average Bonchev–Trinajstić information content (AvgIpc) is 2.79. The first-order valence-corrected chi connectivity index (χ1v) is 10.4. The van der Waals surface area contributed by atoms with Crippen LogP contribution in [-0.4, -0.2) is 29.0 Å². The number of piperidine rings is 1. The molecule has 0 aliphatic carbocycles. The Hall–Kier alpha value is -3.38. The van der Waals surface area contributed by atoms with Crippen LogP contribution in [0.1, 0.15) is 18.4 Å². The minimum atomic E-state index is -0.420. The van der Waals surface area contributed by atoms with Gasteiger partial charge in [0.1, 0.15) is 11.5 Å². The van der Waals surface area contributed by atoms with E-state index in [1.54, 1.807) is 54.6 Å². The highest BCUT2D eigenvalue weighted by atomic mass is 19.1. The van der Waals surface area contributed by atoms with Crippen LogP contribution in [0, 0.1) is 11.7 Å². The summed E-state index contributed by atoms with van der Waals surface area (Å²) >= 11 is 0. The van der Waals surface area contributed by atoms with Crippen LogP contribution in [0.15, 0.2) is 72.8 Å². The van der Waals surface area contributed by atoms with Crippen LogP contribution in [0.25, 0.3) is 0 Å². The number of carbonyl (C=O) groups excluding carboxylic acids is 1. The second-order valence-electron chi connectivity index (χ2n) is 7.76. The minimum absolute atomic E-state index is 0.0204. The molecule has 1 aliphatic heterocycles. The molecule has 1 fully saturated rings. The zero-order valence-corrected chi connectivity index (χ0v) is 17.1. The van der Waals surface area contributed by atoms with Crippen LogP contribution in [-0.2, 0) is 11.3 Å². The van der Waals surface area contributed by atoms with Crippen LogP contribution in [0.5, 0.6) is 17.2 Å². The SMILES string of the molecule is O=C(Nc1ccc(Oc2ccccc2F)cc1)C1CCN(Cc2ccc(O)cc2)CC1. The number of ether oxygens (including phenoxy) is 1. The number of benzene rings is 3. The van der Waals surface area contributed by atoms with Crippen molar-refractivity contribution in [3.8, 4) is 17.2 Å². The molecule has 0 aromatic heterocycles. The van der Waals surface area contributed by atoms with Crippen molar-refractivity contribution in [1.29, 1.82) is 0 Å². The van der Waals surface area contributed by atoms with Crippen molar-refractivity contribution in [2.75, 3.05) is 18.4 Å². The highest BCUT2D eigenvalue weighted by Crippen LogP contribution is 2.26. The molecule has 0 radical (unpaired) electrons. The van der Waals surface area contributed by atoms with Crippen LogP contribution in [0.2, 0.25) is 0 Å². The van der Waals surface area contributed by atoms with Crippen LogP contribution < -0.4 is 10.1 Å². The van der Waals surface area contributed by atoms with E-state index in [-0.39, 0.29) is 23.3 Å². The lowest BCUT2D eigenvalue weighted by atomic mass is 9.95. The molecule has 3 aromatic rings. The van der Waals surface area contributed by atoms with Gasteiger partial charge in [-0.1, -0.05) is 24.3 Å². The largest absolute Gasteiger partial charge is 0.508 e. The van der Waals surface area contributed by atoms with Crippen molar-refractivity contribution in [2.45, 2.75) is 19.4 Å². The van der Waals surface area contributed by atoms with E-state index in [0.29, 0.717) is 11.4 Å². The number of amides is 1. The van der Waals surface area contributed by atoms with E-state index in [0.717, 1.165) is 38.0 Å². The fourth-order valence-electron chi connectivity index (χ4n) is 3.72. The predicted molar refractivity (Wildman–Crippen MR) is 118 cm³/mol. The molecule has 0 atom stereocenters. The first-order chi connectivity index (χ1) is 15.1. The third-order valence-corrected chi connectivity index (χ3v) is 5.49. The third-order valence-electron chi connectivity index (χ3n) is 5.49. The molecule has 0 bridgehead atoms. The molecular weight excluding hydrogens is 395 g/mol. The number of rotatable bonds is 6. The van der Waals surface area contributed by atoms with Gasteiger partial charge in [-0.05, 0) is 80.0 Å². The fourth-order valence-corrected chi connectivity index (χ4v) is 3.72. The molecule has 2 N–H and O–H groups in total. The number of hydrogen-bond donors (Lipinski definition) is 2. The van der Waals surface area contributed by atoms with Crippen LogP contribution in [0.3, 0.4) is 0 Å². The fraction of sp³-hybridized carbons (Fsp3) is 0.240. The van der Waals surface area contributed by atoms with Gasteiger partial charge in [0, 0.05) is 18.2 Å². The summed E-state index contributed by atoms with van der Waals surface area (Å²) in [5.41, 5.74) is 1.84. The average molecular weight is 420 g/mol. The Bertz CT molecular complexity index is 1010. The maximum Gasteiger partial charge on any atom is 0.227 e. The lowest BCUT2D eigenvalue weighted by Crippen LogP contribution is -2.37. The summed E-state index contributed by atoms with van der Waals surface area (Å²) in [5, 5.41) is 12.4. The van der Waals surface area contributed by atoms with E-state index in [2.05, 4.69) is 10.2 Å². The van der Waals surface area contributed by atoms with Gasteiger partial charge >= 0.3 is 0 Å². The maximum absolute atomic E-state index is 13.7. The molecule has 0 saturated carbocycles. The van der Waals surface area contributed by atoms with Gasteiger partial charge in [0.05, 0.1) is 0 Å². The van der Waals surface area contributed by atoms with E-state index < -0.39 is 5.82 Å². The summed E-state index contributed by atoms with van der Waals surface area (Å²) in [7, 11) is 0. The van der Waals surface area contributed by atoms with E-state index in [1.807, 2.05) is 12.1 Å². The van der Waals surface area contributed by atoms with E-state index in [4.69, 9.17) is 4.74 Å². The van der Waals surface area contributed by atoms with Crippen molar-refractivity contribution >= 4 is 11.6 Å². The minimum Gasteiger partial charge on any atom is -0.508 e. The predicted octanol–water partition coefficient (Wildman–Crippen LogP) is 5.17.